The minimum Gasteiger partial charge on any atom is -0.392 e. The summed E-state index contributed by atoms with van der Waals surface area (Å²) in [4.78, 5) is 24.6. The van der Waals surface area contributed by atoms with Crippen molar-refractivity contribution >= 4 is 11.7 Å². The largest absolute Gasteiger partial charge is 0.392 e. The second kappa shape index (κ2) is 4.42. The first-order valence-corrected chi connectivity index (χ1v) is 6.61. The van der Waals surface area contributed by atoms with Crippen LogP contribution >= 0.6 is 0 Å². The molecule has 0 aromatic heterocycles. The van der Waals surface area contributed by atoms with Gasteiger partial charge in [-0.1, -0.05) is 12.1 Å². The van der Waals surface area contributed by atoms with Crippen LogP contribution in [0.15, 0.2) is 5.16 Å². The molecule has 0 aliphatic carbocycles. The Kier molecular flexibility index (Phi) is 2.89. The van der Waals surface area contributed by atoms with Crippen molar-refractivity contribution in [3.05, 3.63) is 0 Å². The summed E-state index contributed by atoms with van der Waals surface area (Å²) in [5, 5.41) is 5.67. The summed E-state index contributed by atoms with van der Waals surface area (Å²) in [6.45, 7) is 2.83. The molecular formula is C12H19N3O3. The Morgan fingerprint density at radius 1 is 1.50 bits per heavy atom. The number of urea groups is 1. The van der Waals surface area contributed by atoms with Gasteiger partial charge in [0.15, 0.2) is 0 Å². The molecule has 2 bridgehead atoms. The van der Waals surface area contributed by atoms with Crippen molar-refractivity contribution in [1.29, 1.82) is 0 Å². The van der Waals surface area contributed by atoms with Crippen LogP contribution in [0.4, 0.5) is 4.79 Å². The number of oxime groups is 1. The molecule has 0 radical (unpaired) electrons. The van der Waals surface area contributed by atoms with E-state index in [0.29, 0.717) is 0 Å². The SMILES string of the molecule is CCC1CC([C@@H]2CC[C@@H]3CN2C(=O)N3OC)=NO1. The third kappa shape index (κ3) is 1.67. The highest BCUT2D eigenvalue weighted by Crippen LogP contribution is 2.32. The predicted molar refractivity (Wildman–Crippen MR) is 65.0 cm³/mol. The van der Waals surface area contributed by atoms with Gasteiger partial charge in [-0.15, -0.1) is 0 Å². The second-order valence-electron chi connectivity index (χ2n) is 5.11. The fraction of sp³-hybridized carbons (Fsp3) is 0.833. The van der Waals surface area contributed by atoms with Gasteiger partial charge in [0.05, 0.1) is 24.9 Å². The van der Waals surface area contributed by atoms with Crippen LogP contribution in [-0.4, -0.2) is 53.5 Å². The summed E-state index contributed by atoms with van der Waals surface area (Å²) in [5.41, 5.74) is 1.02. The maximum Gasteiger partial charge on any atom is 0.344 e. The first kappa shape index (κ1) is 11.8. The highest BCUT2D eigenvalue weighted by molar-refractivity contribution is 5.94. The number of carbonyl (C=O) groups is 1. The van der Waals surface area contributed by atoms with Gasteiger partial charge < -0.3 is 9.74 Å². The summed E-state index contributed by atoms with van der Waals surface area (Å²) < 4.78 is 0. The Labute approximate surface area is 106 Å². The zero-order chi connectivity index (χ0) is 12.7. The second-order valence-corrected chi connectivity index (χ2v) is 5.11. The van der Waals surface area contributed by atoms with E-state index in [4.69, 9.17) is 9.68 Å². The van der Waals surface area contributed by atoms with Crippen LogP contribution in [0.2, 0.25) is 0 Å². The first-order chi connectivity index (χ1) is 8.74. The Hall–Kier alpha value is -1.30. The quantitative estimate of drug-likeness (QED) is 0.763. The zero-order valence-electron chi connectivity index (χ0n) is 10.8. The van der Waals surface area contributed by atoms with E-state index in [1.165, 1.54) is 5.06 Å². The number of piperidine rings is 1. The molecule has 0 spiro atoms. The summed E-state index contributed by atoms with van der Waals surface area (Å²) in [5.74, 6) is 0. The van der Waals surface area contributed by atoms with Crippen LogP contribution < -0.4 is 0 Å². The normalized spacial score (nSPS) is 34.9. The lowest BCUT2D eigenvalue weighted by Crippen LogP contribution is -2.44. The number of hydrogen-bond donors (Lipinski definition) is 0. The molecule has 2 amide bonds. The van der Waals surface area contributed by atoms with E-state index in [0.717, 1.165) is 37.9 Å². The van der Waals surface area contributed by atoms with Gasteiger partial charge in [-0.2, -0.15) is 5.06 Å². The first-order valence-electron chi connectivity index (χ1n) is 6.61. The van der Waals surface area contributed by atoms with E-state index in [2.05, 4.69) is 12.1 Å². The Morgan fingerprint density at radius 2 is 2.33 bits per heavy atom. The molecule has 3 atom stereocenters. The highest BCUT2D eigenvalue weighted by Gasteiger charge is 2.47. The van der Waals surface area contributed by atoms with E-state index >= 15 is 0 Å². The van der Waals surface area contributed by atoms with Crippen molar-refractivity contribution < 1.29 is 14.5 Å². The van der Waals surface area contributed by atoms with Crippen molar-refractivity contribution in [1.82, 2.24) is 9.96 Å². The van der Waals surface area contributed by atoms with E-state index in [9.17, 15) is 4.79 Å². The summed E-state index contributed by atoms with van der Waals surface area (Å²) in [6.07, 6.45) is 3.92. The molecule has 100 valence electrons. The third-order valence-corrected chi connectivity index (χ3v) is 4.12. The number of hydrogen-bond acceptors (Lipinski definition) is 4. The van der Waals surface area contributed by atoms with Crippen LogP contribution in [0.1, 0.15) is 32.6 Å². The zero-order valence-corrected chi connectivity index (χ0v) is 10.8. The monoisotopic (exact) mass is 253 g/mol. The number of amides is 2. The lowest BCUT2D eigenvalue weighted by atomic mass is 9.94. The van der Waals surface area contributed by atoms with E-state index in [1.54, 1.807) is 7.11 Å². The molecule has 3 heterocycles. The molecule has 3 aliphatic rings. The van der Waals surface area contributed by atoms with Crippen LogP contribution in [0, 0.1) is 0 Å². The average Bonchev–Trinajstić information content (AvgIpc) is 2.96. The number of fused-ring (bicyclic) bond motifs is 2. The lowest BCUT2D eigenvalue weighted by Gasteiger charge is -2.29. The molecule has 0 aromatic rings. The van der Waals surface area contributed by atoms with Gasteiger partial charge in [0, 0.05) is 13.0 Å². The smallest absolute Gasteiger partial charge is 0.344 e. The van der Waals surface area contributed by atoms with Gasteiger partial charge in [0.2, 0.25) is 0 Å². The third-order valence-electron chi connectivity index (χ3n) is 4.12. The Morgan fingerprint density at radius 3 is 3.00 bits per heavy atom. The molecular weight excluding hydrogens is 234 g/mol. The summed E-state index contributed by atoms with van der Waals surface area (Å²) >= 11 is 0. The number of hydroxylamine groups is 2. The maximum absolute atomic E-state index is 12.2. The van der Waals surface area contributed by atoms with Crippen molar-refractivity contribution in [2.24, 2.45) is 5.16 Å². The standard InChI is InChI=1S/C12H19N3O3/c1-3-9-6-10(13-18-9)11-5-4-8-7-14(11)12(16)15(8)17-2/h8-9,11H,3-7H2,1-2H3/t8-,9?,11+/m1/s1. The molecule has 6 nitrogen and oxygen atoms in total. The topological polar surface area (TPSA) is 54.4 Å². The Balaban J connectivity index is 1.74. The molecule has 1 unspecified atom stereocenters. The summed E-state index contributed by atoms with van der Waals surface area (Å²) in [7, 11) is 1.55. The van der Waals surface area contributed by atoms with Crippen molar-refractivity contribution in [2.75, 3.05) is 13.7 Å². The van der Waals surface area contributed by atoms with Crippen molar-refractivity contribution in [2.45, 2.75) is 50.8 Å². The van der Waals surface area contributed by atoms with Gasteiger partial charge >= 0.3 is 6.03 Å². The minimum absolute atomic E-state index is 0.0346. The molecule has 0 saturated carbocycles. The molecule has 2 saturated heterocycles. The minimum atomic E-state index is -0.0346. The number of carbonyl (C=O) groups excluding carboxylic acids is 1. The van der Waals surface area contributed by atoms with Crippen molar-refractivity contribution in [3.8, 4) is 0 Å². The van der Waals surface area contributed by atoms with Gasteiger partial charge in [-0.25, -0.2) is 4.79 Å². The number of nitrogens with zero attached hydrogens (tertiary/aromatic N) is 3. The molecule has 3 aliphatic heterocycles. The molecule has 0 N–H and O–H groups in total. The maximum atomic E-state index is 12.2. The summed E-state index contributed by atoms with van der Waals surface area (Å²) in [6, 6.07) is 0.266. The van der Waals surface area contributed by atoms with Gasteiger partial charge in [0.1, 0.15) is 6.10 Å². The lowest BCUT2D eigenvalue weighted by molar-refractivity contribution is -0.0997. The number of rotatable bonds is 3. The van der Waals surface area contributed by atoms with Crippen LogP contribution in [0.25, 0.3) is 0 Å². The van der Waals surface area contributed by atoms with Crippen LogP contribution in [-0.2, 0) is 9.68 Å². The van der Waals surface area contributed by atoms with Gasteiger partial charge in [0.25, 0.3) is 0 Å². The molecule has 0 aromatic carbocycles. The average molecular weight is 253 g/mol. The van der Waals surface area contributed by atoms with Gasteiger partial charge in [-0.05, 0) is 19.3 Å². The van der Waals surface area contributed by atoms with E-state index in [1.807, 2.05) is 4.90 Å². The fourth-order valence-electron chi connectivity index (χ4n) is 3.08. The predicted octanol–water partition coefficient (Wildman–Crippen LogP) is 1.37. The Bertz CT molecular complexity index is 385. The van der Waals surface area contributed by atoms with Crippen molar-refractivity contribution in [3.63, 3.8) is 0 Å². The van der Waals surface area contributed by atoms with Gasteiger partial charge in [-0.3, -0.25) is 4.84 Å². The van der Waals surface area contributed by atoms with E-state index < -0.39 is 0 Å². The van der Waals surface area contributed by atoms with E-state index in [-0.39, 0.29) is 24.2 Å². The molecule has 6 heteroatoms. The fourth-order valence-corrected chi connectivity index (χ4v) is 3.08. The molecule has 2 fully saturated rings. The highest BCUT2D eigenvalue weighted by atomic mass is 16.7. The molecule has 3 rings (SSSR count). The molecule has 18 heavy (non-hydrogen) atoms. The van der Waals surface area contributed by atoms with Crippen LogP contribution in [0.3, 0.4) is 0 Å². The van der Waals surface area contributed by atoms with Crippen LogP contribution in [0.5, 0.6) is 0 Å².